The first-order valence-electron chi connectivity index (χ1n) is 10.9. The second-order valence-electron chi connectivity index (χ2n) is 9.04. The van der Waals surface area contributed by atoms with Gasteiger partial charge in [0.1, 0.15) is 18.5 Å². The average molecular weight is 469 g/mol. The van der Waals surface area contributed by atoms with Crippen molar-refractivity contribution in [3.63, 3.8) is 0 Å². The summed E-state index contributed by atoms with van der Waals surface area (Å²) in [6.07, 6.45) is 6.45. The van der Waals surface area contributed by atoms with Crippen LogP contribution in [0.4, 0.5) is 5.95 Å². The predicted octanol–water partition coefficient (Wildman–Crippen LogP) is 3.86. The summed E-state index contributed by atoms with van der Waals surface area (Å²) in [5.74, 6) is 0.482. The van der Waals surface area contributed by atoms with Gasteiger partial charge in [0.05, 0.1) is 29.4 Å². The largest absolute Gasteiger partial charge is 0.465 e. The summed E-state index contributed by atoms with van der Waals surface area (Å²) in [6, 6.07) is 11.3. The molecular weight excluding hydrogens is 444 g/mol. The lowest BCUT2D eigenvalue weighted by Crippen LogP contribution is -2.23. The zero-order valence-corrected chi connectivity index (χ0v) is 19.8. The third-order valence-corrected chi connectivity index (χ3v) is 5.65. The first kappa shape index (κ1) is 22.2. The molecule has 0 unspecified atom stereocenters. The van der Waals surface area contributed by atoms with Crippen LogP contribution in [0.2, 0.25) is 0 Å². The summed E-state index contributed by atoms with van der Waals surface area (Å²) in [5, 5.41) is 4.30. The van der Waals surface area contributed by atoms with E-state index in [0.29, 0.717) is 11.4 Å². The molecule has 2 N–H and O–H groups in total. The Morgan fingerprint density at radius 2 is 1.80 bits per heavy atom. The molecule has 0 aliphatic rings. The highest BCUT2D eigenvalue weighted by atomic mass is 16.5. The van der Waals surface area contributed by atoms with E-state index in [4.69, 9.17) is 15.5 Å². The van der Waals surface area contributed by atoms with Gasteiger partial charge in [-0.2, -0.15) is 5.10 Å². The summed E-state index contributed by atoms with van der Waals surface area (Å²) >= 11 is 0. The highest BCUT2D eigenvalue weighted by molar-refractivity contribution is 5.93. The van der Waals surface area contributed by atoms with E-state index < -0.39 is 5.97 Å². The van der Waals surface area contributed by atoms with Gasteiger partial charge in [0.2, 0.25) is 5.95 Å². The normalized spacial score (nSPS) is 11.7. The Hall–Kier alpha value is -4.60. The number of carbonyl (C=O) groups is 1. The minimum absolute atomic E-state index is 0.222. The van der Waals surface area contributed by atoms with Crippen molar-refractivity contribution in [1.29, 1.82) is 0 Å². The first-order valence-corrected chi connectivity index (χ1v) is 10.9. The van der Waals surface area contributed by atoms with E-state index in [2.05, 4.69) is 45.4 Å². The van der Waals surface area contributed by atoms with Gasteiger partial charge >= 0.3 is 5.97 Å². The fraction of sp³-hybridized carbons (Fsp3) is 0.200. The highest BCUT2D eigenvalue weighted by Gasteiger charge is 2.26. The highest BCUT2D eigenvalue weighted by Crippen LogP contribution is 2.36. The molecule has 0 aliphatic heterocycles. The van der Waals surface area contributed by atoms with Gasteiger partial charge in [-0.1, -0.05) is 6.07 Å². The number of aromatic nitrogens is 7. The van der Waals surface area contributed by atoms with Crippen molar-refractivity contribution in [2.75, 3.05) is 12.8 Å². The number of ether oxygens (including phenoxy) is 1. The molecule has 10 heteroatoms. The lowest BCUT2D eigenvalue weighted by atomic mass is 10.0. The van der Waals surface area contributed by atoms with E-state index >= 15 is 0 Å². The summed E-state index contributed by atoms with van der Waals surface area (Å²) in [4.78, 5) is 29.7. The smallest absolute Gasteiger partial charge is 0.337 e. The molecule has 0 spiro atoms. The van der Waals surface area contributed by atoms with Crippen molar-refractivity contribution < 1.29 is 9.53 Å². The molecule has 5 aromatic rings. The van der Waals surface area contributed by atoms with E-state index in [1.54, 1.807) is 35.5 Å². The van der Waals surface area contributed by atoms with Crippen LogP contribution in [0.1, 0.15) is 31.1 Å². The maximum Gasteiger partial charge on any atom is 0.337 e. The number of rotatable bonds is 4. The maximum atomic E-state index is 12.4. The van der Waals surface area contributed by atoms with Crippen molar-refractivity contribution in [2.24, 2.45) is 0 Å². The molecule has 2 aromatic carbocycles. The Balaban J connectivity index is 1.78. The van der Waals surface area contributed by atoms with E-state index in [0.717, 1.165) is 33.4 Å². The first-order chi connectivity index (χ1) is 16.8. The number of imidazole rings is 1. The summed E-state index contributed by atoms with van der Waals surface area (Å²) in [6.45, 7) is 6.33. The van der Waals surface area contributed by atoms with Crippen LogP contribution in [0.15, 0.2) is 61.4 Å². The van der Waals surface area contributed by atoms with Gasteiger partial charge in [0, 0.05) is 29.1 Å². The molecule has 3 heterocycles. The van der Waals surface area contributed by atoms with Gasteiger partial charge in [-0.25, -0.2) is 29.4 Å². The summed E-state index contributed by atoms with van der Waals surface area (Å²) < 4.78 is 8.77. The van der Waals surface area contributed by atoms with E-state index in [9.17, 15) is 4.79 Å². The Morgan fingerprint density at radius 1 is 1.03 bits per heavy atom. The number of nitrogens with two attached hydrogens (primary N) is 1. The Bertz CT molecular complexity index is 1530. The maximum absolute atomic E-state index is 12.4. The van der Waals surface area contributed by atoms with Crippen LogP contribution in [0, 0.1) is 0 Å². The molecule has 0 bridgehead atoms. The molecule has 0 aliphatic carbocycles. The van der Waals surface area contributed by atoms with Crippen LogP contribution >= 0.6 is 0 Å². The second-order valence-corrected chi connectivity index (χ2v) is 9.04. The van der Waals surface area contributed by atoms with Crippen LogP contribution < -0.4 is 5.73 Å². The number of anilines is 1. The standard InChI is InChI=1S/C25H24N8O2/c1-25(2,3)33-21-8-5-15(17-11-28-24(26)29-12-17)10-19(21)31-22(33)18-9-16(23(34)35-4)6-7-20(18)32-14-27-13-30-32/h5-14H,1-4H3,(H2,26,28,29). The molecule has 0 saturated carbocycles. The zero-order valence-electron chi connectivity index (χ0n) is 19.8. The second kappa shape index (κ2) is 8.32. The molecule has 10 nitrogen and oxygen atoms in total. The van der Waals surface area contributed by atoms with E-state index in [1.165, 1.54) is 13.4 Å². The van der Waals surface area contributed by atoms with Crippen LogP contribution in [0.5, 0.6) is 0 Å². The van der Waals surface area contributed by atoms with Gasteiger partial charge in [0.25, 0.3) is 0 Å². The molecule has 0 saturated heterocycles. The van der Waals surface area contributed by atoms with Crippen molar-refractivity contribution in [3.05, 3.63) is 67.0 Å². The van der Waals surface area contributed by atoms with Gasteiger partial charge < -0.3 is 15.0 Å². The number of hydrogen-bond donors (Lipinski definition) is 1. The molecule has 0 radical (unpaired) electrons. The third kappa shape index (κ3) is 3.99. The molecular formula is C25H24N8O2. The lowest BCUT2D eigenvalue weighted by molar-refractivity contribution is 0.0601. The molecule has 176 valence electrons. The van der Waals surface area contributed by atoms with E-state index in [-0.39, 0.29) is 11.5 Å². The Morgan fingerprint density at radius 3 is 2.46 bits per heavy atom. The van der Waals surface area contributed by atoms with Crippen LogP contribution in [0.25, 0.3) is 39.2 Å². The van der Waals surface area contributed by atoms with Crippen LogP contribution in [-0.2, 0) is 10.3 Å². The minimum atomic E-state index is -0.430. The fourth-order valence-electron chi connectivity index (χ4n) is 4.10. The molecule has 3 aromatic heterocycles. The van der Waals surface area contributed by atoms with Gasteiger partial charge in [-0.15, -0.1) is 0 Å². The average Bonchev–Trinajstić information content (AvgIpc) is 3.51. The quantitative estimate of drug-likeness (QED) is 0.394. The fourth-order valence-corrected chi connectivity index (χ4v) is 4.10. The van der Waals surface area contributed by atoms with Crippen molar-refractivity contribution in [2.45, 2.75) is 26.3 Å². The Labute approximate surface area is 201 Å². The SMILES string of the molecule is COC(=O)c1ccc(-n2cncn2)c(-c2nc3cc(-c4cnc(N)nc4)ccc3n2C(C)(C)C)c1. The summed E-state index contributed by atoms with van der Waals surface area (Å²) in [7, 11) is 1.36. The number of hydrogen-bond acceptors (Lipinski definition) is 8. The van der Waals surface area contributed by atoms with Gasteiger partial charge in [-0.3, -0.25) is 0 Å². The molecule has 0 amide bonds. The van der Waals surface area contributed by atoms with Crippen molar-refractivity contribution in [3.8, 4) is 28.2 Å². The molecule has 0 atom stereocenters. The molecule has 5 rings (SSSR count). The van der Waals surface area contributed by atoms with Crippen molar-refractivity contribution in [1.82, 2.24) is 34.3 Å². The van der Waals surface area contributed by atoms with Crippen LogP contribution in [-0.4, -0.2) is 47.4 Å². The Kier molecular flexibility index (Phi) is 5.28. The molecule has 0 fully saturated rings. The monoisotopic (exact) mass is 468 g/mol. The topological polar surface area (TPSA) is 127 Å². The number of methoxy groups -OCH3 is 1. The number of esters is 1. The number of fused-ring (bicyclic) bond motifs is 1. The minimum Gasteiger partial charge on any atom is -0.465 e. The van der Waals surface area contributed by atoms with Gasteiger partial charge in [-0.05, 0) is 56.7 Å². The summed E-state index contributed by atoms with van der Waals surface area (Å²) in [5.41, 5.74) is 10.7. The zero-order chi connectivity index (χ0) is 24.7. The number of nitrogen functional groups attached to an aromatic ring is 1. The number of benzene rings is 2. The molecule has 35 heavy (non-hydrogen) atoms. The predicted molar refractivity (Wildman–Crippen MR) is 132 cm³/mol. The number of carbonyl (C=O) groups excluding carboxylic acids is 1. The van der Waals surface area contributed by atoms with Gasteiger partial charge in [0.15, 0.2) is 0 Å². The lowest BCUT2D eigenvalue weighted by Gasteiger charge is -2.25. The van der Waals surface area contributed by atoms with Crippen LogP contribution in [0.3, 0.4) is 0 Å². The number of nitrogens with zero attached hydrogens (tertiary/aromatic N) is 7. The van der Waals surface area contributed by atoms with E-state index in [1.807, 2.05) is 24.3 Å². The van der Waals surface area contributed by atoms with Crippen molar-refractivity contribution >= 4 is 23.0 Å². The third-order valence-electron chi connectivity index (χ3n) is 5.65.